The summed E-state index contributed by atoms with van der Waals surface area (Å²) in [5.41, 5.74) is 2.45. The molecule has 0 aliphatic rings. The Kier molecular flexibility index (Phi) is 4.93. The molecule has 4 heteroatoms. The molecule has 0 aliphatic heterocycles. The summed E-state index contributed by atoms with van der Waals surface area (Å²) >= 11 is 3.47. The van der Waals surface area contributed by atoms with Crippen molar-refractivity contribution >= 4 is 45.5 Å². The van der Waals surface area contributed by atoms with E-state index in [0.29, 0.717) is 0 Å². The first-order valence-electron chi connectivity index (χ1n) is 7.17. The molecule has 0 saturated carbocycles. The van der Waals surface area contributed by atoms with Gasteiger partial charge in [-0.2, -0.15) is 4.57 Å². The maximum absolute atomic E-state index is 8.85. The van der Waals surface area contributed by atoms with Crippen LogP contribution in [0.1, 0.15) is 10.6 Å². The molecule has 1 aromatic heterocycles. The molecule has 0 fully saturated rings. The number of fused-ring (bicyclic) bond motifs is 1. The molecule has 0 atom stereocenters. The largest absolute Gasteiger partial charge is 0.396 e. The molecule has 0 radical (unpaired) electrons. The van der Waals surface area contributed by atoms with Gasteiger partial charge in [0.15, 0.2) is 0 Å². The van der Waals surface area contributed by atoms with Crippen LogP contribution in [0.2, 0.25) is 0 Å². The van der Waals surface area contributed by atoms with Crippen molar-refractivity contribution in [2.24, 2.45) is 7.05 Å². The number of nitrogens with zero attached hydrogens (tertiary/aromatic N) is 1. The second-order valence-corrected chi connectivity index (χ2v) is 7.17. The lowest BCUT2D eigenvalue weighted by molar-refractivity contribution is -0.642. The maximum atomic E-state index is 8.85. The zero-order valence-electron chi connectivity index (χ0n) is 12.4. The zero-order valence-corrected chi connectivity index (χ0v) is 14.0. The van der Waals surface area contributed by atoms with Gasteiger partial charge in [0.25, 0.3) is 5.01 Å². The summed E-state index contributed by atoms with van der Waals surface area (Å²) in [5.74, 6) is 0.743. The lowest BCUT2D eigenvalue weighted by atomic mass is 10.2. The van der Waals surface area contributed by atoms with Crippen molar-refractivity contribution in [3.05, 3.63) is 59.1 Å². The maximum Gasteiger partial charge on any atom is 0.262 e. The van der Waals surface area contributed by atoms with Crippen LogP contribution in [0, 0.1) is 0 Å². The van der Waals surface area contributed by atoms with Crippen LogP contribution in [0.3, 0.4) is 0 Å². The number of hydrogen-bond donors (Lipinski definition) is 1. The standard InChI is InChI=1S/C18H18NOS2/c1-19-16-4-2-3-5-17(16)22-18(19)11-8-14-6-9-15(10-7-14)21-13-12-20/h2-11,20H,12-13H2,1H3/q+1/b11-8+. The molecule has 1 heterocycles. The normalized spacial score (nSPS) is 11.5. The monoisotopic (exact) mass is 328 g/mol. The minimum Gasteiger partial charge on any atom is -0.396 e. The SMILES string of the molecule is C[n+]1c(/C=C/c2ccc(SCCO)cc2)sc2ccccc21. The van der Waals surface area contributed by atoms with Gasteiger partial charge in [0.1, 0.15) is 11.7 Å². The minimum absolute atomic E-state index is 0.217. The van der Waals surface area contributed by atoms with Gasteiger partial charge in [-0.3, -0.25) is 0 Å². The molecule has 1 N–H and O–H groups in total. The number of thiazole rings is 1. The van der Waals surface area contributed by atoms with Crippen molar-refractivity contribution in [2.45, 2.75) is 4.90 Å². The molecule has 112 valence electrons. The van der Waals surface area contributed by atoms with Gasteiger partial charge in [-0.15, -0.1) is 11.8 Å². The number of hydrogen-bond acceptors (Lipinski definition) is 3. The molecule has 0 amide bonds. The Morgan fingerprint density at radius 1 is 1.09 bits per heavy atom. The van der Waals surface area contributed by atoms with E-state index in [1.807, 2.05) is 0 Å². The molecule has 0 aliphatic carbocycles. The van der Waals surface area contributed by atoms with Crippen LogP contribution in [0.5, 0.6) is 0 Å². The third kappa shape index (κ3) is 3.40. The van der Waals surface area contributed by atoms with Crippen molar-refractivity contribution < 1.29 is 9.67 Å². The number of aliphatic hydroxyl groups excluding tert-OH is 1. The quantitative estimate of drug-likeness (QED) is 0.566. The Balaban J connectivity index is 1.79. The van der Waals surface area contributed by atoms with Gasteiger partial charge in [-0.25, -0.2) is 0 Å². The van der Waals surface area contributed by atoms with Gasteiger partial charge >= 0.3 is 0 Å². The molecular formula is C18H18NOS2+. The van der Waals surface area contributed by atoms with Gasteiger partial charge < -0.3 is 5.11 Å². The third-order valence-corrected chi connectivity index (χ3v) is 5.61. The topological polar surface area (TPSA) is 24.1 Å². The number of aliphatic hydroxyl groups is 1. The fourth-order valence-electron chi connectivity index (χ4n) is 2.27. The van der Waals surface area contributed by atoms with Crippen molar-refractivity contribution in [3.63, 3.8) is 0 Å². The van der Waals surface area contributed by atoms with Gasteiger partial charge in [-0.05, 0) is 29.8 Å². The summed E-state index contributed by atoms with van der Waals surface area (Å²) in [7, 11) is 2.10. The fourth-order valence-corrected chi connectivity index (χ4v) is 3.98. The summed E-state index contributed by atoms with van der Waals surface area (Å²) in [6, 6.07) is 16.9. The molecule has 3 aromatic rings. The van der Waals surface area contributed by atoms with Crippen LogP contribution in [0.15, 0.2) is 53.4 Å². The van der Waals surface area contributed by atoms with Crippen molar-refractivity contribution in [2.75, 3.05) is 12.4 Å². The van der Waals surface area contributed by atoms with Crippen LogP contribution in [-0.4, -0.2) is 17.5 Å². The molecule has 22 heavy (non-hydrogen) atoms. The van der Waals surface area contributed by atoms with E-state index in [2.05, 4.69) is 72.3 Å². The molecule has 2 aromatic carbocycles. The van der Waals surface area contributed by atoms with E-state index < -0.39 is 0 Å². The van der Waals surface area contributed by atoms with Crippen LogP contribution < -0.4 is 4.57 Å². The smallest absolute Gasteiger partial charge is 0.262 e. The Morgan fingerprint density at radius 2 is 1.86 bits per heavy atom. The van der Waals surface area contributed by atoms with Crippen LogP contribution in [0.25, 0.3) is 22.4 Å². The van der Waals surface area contributed by atoms with E-state index in [4.69, 9.17) is 5.11 Å². The minimum atomic E-state index is 0.217. The van der Waals surface area contributed by atoms with E-state index in [1.165, 1.54) is 25.7 Å². The van der Waals surface area contributed by atoms with Crippen molar-refractivity contribution in [1.82, 2.24) is 0 Å². The molecule has 3 rings (SSSR count). The van der Waals surface area contributed by atoms with Gasteiger partial charge in [0, 0.05) is 22.8 Å². The number of rotatable bonds is 5. The lowest BCUT2D eigenvalue weighted by Gasteiger charge is -1.99. The molecule has 0 spiro atoms. The molecular weight excluding hydrogens is 310 g/mol. The first-order chi connectivity index (χ1) is 10.8. The predicted molar refractivity (Wildman–Crippen MR) is 96.2 cm³/mol. The van der Waals surface area contributed by atoms with Gasteiger partial charge in [0.05, 0.1) is 6.61 Å². The zero-order chi connectivity index (χ0) is 15.4. The Morgan fingerprint density at radius 3 is 2.59 bits per heavy atom. The summed E-state index contributed by atoms with van der Waals surface area (Å²) in [4.78, 5) is 1.19. The predicted octanol–water partition coefficient (Wildman–Crippen LogP) is 3.98. The van der Waals surface area contributed by atoms with E-state index >= 15 is 0 Å². The highest BCUT2D eigenvalue weighted by Gasteiger charge is 2.13. The Labute approximate surface area is 138 Å². The van der Waals surface area contributed by atoms with Crippen LogP contribution in [0.4, 0.5) is 0 Å². The molecule has 2 nitrogen and oxygen atoms in total. The third-order valence-electron chi connectivity index (χ3n) is 3.43. The number of aryl methyl sites for hydroxylation is 1. The average molecular weight is 328 g/mol. The first-order valence-corrected chi connectivity index (χ1v) is 8.97. The van der Waals surface area contributed by atoms with Crippen LogP contribution in [-0.2, 0) is 7.05 Å². The van der Waals surface area contributed by atoms with E-state index in [-0.39, 0.29) is 6.61 Å². The molecule has 0 bridgehead atoms. The first kappa shape index (κ1) is 15.3. The Bertz CT molecular complexity index is 790. The van der Waals surface area contributed by atoms with Crippen LogP contribution >= 0.6 is 23.1 Å². The molecule has 0 unspecified atom stereocenters. The number of aromatic nitrogens is 1. The Hall–Kier alpha value is -1.62. The van der Waals surface area contributed by atoms with Gasteiger partial charge in [-0.1, -0.05) is 35.6 Å². The van der Waals surface area contributed by atoms with Gasteiger partial charge in [0.2, 0.25) is 5.52 Å². The highest BCUT2D eigenvalue weighted by Crippen LogP contribution is 2.22. The molecule has 0 saturated heterocycles. The summed E-state index contributed by atoms with van der Waals surface area (Å²) in [5, 5.41) is 10.1. The van der Waals surface area contributed by atoms with Crippen molar-refractivity contribution in [3.8, 4) is 0 Å². The second-order valence-electron chi connectivity index (χ2n) is 4.94. The fraction of sp³-hybridized carbons (Fsp3) is 0.167. The van der Waals surface area contributed by atoms with E-state index in [9.17, 15) is 0 Å². The van der Waals surface area contributed by atoms with E-state index in [0.717, 1.165) is 5.75 Å². The number of benzene rings is 2. The average Bonchev–Trinajstić information content (AvgIpc) is 2.88. The summed E-state index contributed by atoms with van der Waals surface area (Å²) < 4.78 is 3.53. The van der Waals surface area contributed by atoms with E-state index in [1.54, 1.807) is 23.1 Å². The number of para-hydroxylation sites is 1. The van der Waals surface area contributed by atoms with Crippen molar-refractivity contribution in [1.29, 1.82) is 0 Å². The number of thioether (sulfide) groups is 1. The second kappa shape index (κ2) is 7.09. The lowest BCUT2D eigenvalue weighted by Crippen LogP contribution is -2.28. The summed E-state index contributed by atoms with van der Waals surface area (Å²) in [6.07, 6.45) is 4.31. The highest BCUT2D eigenvalue weighted by molar-refractivity contribution is 7.99. The highest BCUT2D eigenvalue weighted by atomic mass is 32.2. The summed E-state index contributed by atoms with van der Waals surface area (Å²) in [6.45, 7) is 0.217.